The lowest BCUT2D eigenvalue weighted by atomic mass is 9.95. The summed E-state index contributed by atoms with van der Waals surface area (Å²) in [7, 11) is -0.634. The Morgan fingerprint density at radius 1 is 1.33 bits per heavy atom. The number of hydrogen-bond donors (Lipinski definition) is 1. The van der Waals surface area contributed by atoms with E-state index in [-0.39, 0.29) is 0 Å². The summed E-state index contributed by atoms with van der Waals surface area (Å²) < 4.78 is 12.1. The first kappa shape index (κ1) is 13.2. The van der Waals surface area contributed by atoms with Crippen LogP contribution in [-0.4, -0.2) is 27.8 Å². The molecule has 1 aliphatic rings. The summed E-state index contributed by atoms with van der Waals surface area (Å²) in [6.07, 6.45) is 2.21. The summed E-state index contributed by atoms with van der Waals surface area (Å²) in [6, 6.07) is 0.452. The molecule has 3 heteroatoms. The highest BCUT2D eigenvalue weighted by Crippen LogP contribution is 2.22. The van der Waals surface area contributed by atoms with Crippen LogP contribution in [-0.2, 0) is 10.8 Å². The Balaban J connectivity index is 2.73. The molecule has 3 atom stereocenters. The van der Waals surface area contributed by atoms with Crippen LogP contribution in [0.1, 0.15) is 40.5 Å². The van der Waals surface area contributed by atoms with Crippen molar-refractivity contribution in [2.45, 2.75) is 51.8 Å². The first-order chi connectivity index (χ1) is 7.02. The molecule has 0 amide bonds. The van der Waals surface area contributed by atoms with Crippen molar-refractivity contribution in [1.29, 1.82) is 0 Å². The molecule has 15 heavy (non-hydrogen) atoms. The van der Waals surface area contributed by atoms with Gasteiger partial charge in [0.05, 0.1) is 5.25 Å². The van der Waals surface area contributed by atoms with Gasteiger partial charge in [-0.2, -0.15) is 0 Å². The van der Waals surface area contributed by atoms with Gasteiger partial charge < -0.3 is 5.32 Å². The third-order valence-corrected chi connectivity index (χ3v) is 5.18. The summed E-state index contributed by atoms with van der Waals surface area (Å²) in [5, 5.41) is 3.92. The van der Waals surface area contributed by atoms with Gasteiger partial charge in [-0.15, -0.1) is 0 Å². The molecule has 1 N–H and O–H groups in total. The lowest BCUT2D eigenvalue weighted by Gasteiger charge is -2.29. The molecular weight excluding hydrogens is 206 g/mol. The van der Waals surface area contributed by atoms with Crippen LogP contribution in [0.3, 0.4) is 0 Å². The molecule has 2 nitrogen and oxygen atoms in total. The molecule has 1 aliphatic heterocycles. The molecule has 90 valence electrons. The molecule has 0 aromatic rings. The average Bonchev–Trinajstić information content (AvgIpc) is 2.26. The largest absolute Gasteiger partial charge is 0.313 e. The fraction of sp³-hybridized carbons (Fsp3) is 1.00. The fourth-order valence-electron chi connectivity index (χ4n) is 2.43. The van der Waals surface area contributed by atoms with Crippen molar-refractivity contribution in [2.75, 3.05) is 12.3 Å². The predicted molar refractivity (Wildman–Crippen MR) is 67.5 cm³/mol. The first-order valence-corrected chi connectivity index (χ1v) is 7.51. The molecule has 1 fully saturated rings. The van der Waals surface area contributed by atoms with Crippen LogP contribution in [0, 0.1) is 11.8 Å². The van der Waals surface area contributed by atoms with Gasteiger partial charge in [0, 0.05) is 22.6 Å². The first-order valence-electron chi connectivity index (χ1n) is 6.13. The highest BCUT2D eigenvalue weighted by atomic mass is 32.2. The molecule has 0 aliphatic carbocycles. The van der Waals surface area contributed by atoms with Crippen LogP contribution >= 0.6 is 0 Å². The van der Waals surface area contributed by atoms with Crippen molar-refractivity contribution < 1.29 is 4.21 Å². The Hall–Kier alpha value is 0.110. The Morgan fingerprint density at radius 2 is 2.00 bits per heavy atom. The van der Waals surface area contributed by atoms with Crippen LogP contribution in [0.15, 0.2) is 0 Å². The van der Waals surface area contributed by atoms with Crippen molar-refractivity contribution in [3.8, 4) is 0 Å². The monoisotopic (exact) mass is 231 g/mol. The molecule has 0 aromatic carbocycles. The van der Waals surface area contributed by atoms with E-state index >= 15 is 0 Å². The van der Waals surface area contributed by atoms with Gasteiger partial charge in [-0.3, -0.25) is 4.21 Å². The van der Waals surface area contributed by atoms with E-state index in [1.165, 1.54) is 0 Å². The number of rotatable bonds is 3. The average molecular weight is 231 g/mol. The van der Waals surface area contributed by atoms with E-state index in [1.807, 2.05) is 0 Å². The van der Waals surface area contributed by atoms with Crippen molar-refractivity contribution in [3.05, 3.63) is 0 Å². The Kier molecular flexibility index (Phi) is 5.27. The minimum absolute atomic E-state index is 0.342. The molecule has 0 saturated carbocycles. The number of hydrogen-bond acceptors (Lipinski definition) is 2. The maximum Gasteiger partial charge on any atom is 0.0524 e. The van der Waals surface area contributed by atoms with Gasteiger partial charge in [-0.05, 0) is 31.2 Å². The molecule has 0 aromatic heterocycles. The predicted octanol–water partition coefficient (Wildman–Crippen LogP) is 2.17. The van der Waals surface area contributed by atoms with Crippen molar-refractivity contribution in [1.82, 2.24) is 5.32 Å². The third-order valence-electron chi connectivity index (χ3n) is 3.01. The minimum Gasteiger partial charge on any atom is -0.313 e. The van der Waals surface area contributed by atoms with Gasteiger partial charge in [0.15, 0.2) is 0 Å². The van der Waals surface area contributed by atoms with E-state index < -0.39 is 10.8 Å². The third kappa shape index (κ3) is 3.87. The lowest BCUT2D eigenvalue weighted by Crippen LogP contribution is -2.44. The summed E-state index contributed by atoms with van der Waals surface area (Å²) in [5.41, 5.74) is 0. The normalized spacial score (nSPS) is 33.3. The number of nitrogens with one attached hydrogen (secondary N) is 1. The highest BCUT2D eigenvalue weighted by Gasteiger charge is 2.31. The zero-order valence-corrected chi connectivity index (χ0v) is 11.3. The zero-order valence-electron chi connectivity index (χ0n) is 10.5. The topological polar surface area (TPSA) is 29.1 Å². The zero-order chi connectivity index (χ0) is 11.4. The summed E-state index contributed by atoms with van der Waals surface area (Å²) in [4.78, 5) is 0. The summed E-state index contributed by atoms with van der Waals surface area (Å²) >= 11 is 0. The van der Waals surface area contributed by atoms with E-state index in [2.05, 4.69) is 33.0 Å². The van der Waals surface area contributed by atoms with E-state index in [0.29, 0.717) is 23.1 Å². The molecule has 1 saturated heterocycles. The van der Waals surface area contributed by atoms with Crippen LogP contribution in [0.2, 0.25) is 0 Å². The SMILES string of the molecule is CC(C)CC1NCCCS(=O)C1C(C)C. The standard InChI is InChI=1S/C12H25NOS/c1-9(2)8-11-12(10(3)4)15(14)7-5-6-13-11/h9-13H,5-8H2,1-4H3. The van der Waals surface area contributed by atoms with Crippen LogP contribution in [0.5, 0.6) is 0 Å². The van der Waals surface area contributed by atoms with E-state index in [0.717, 1.165) is 25.1 Å². The second-order valence-electron chi connectivity index (χ2n) is 5.34. The summed E-state index contributed by atoms with van der Waals surface area (Å²) in [5.74, 6) is 2.07. The molecular formula is C12H25NOS. The highest BCUT2D eigenvalue weighted by molar-refractivity contribution is 7.85. The van der Waals surface area contributed by atoms with E-state index in [4.69, 9.17) is 0 Å². The molecule has 0 bridgehead atoms. The van der Waals surface area contributed by atoms with Gasteiger partial charge >= 0.3 is 0 Å². The fourth-order valence-corrected chi connectivity index (χ4v) is 4.31. The maximum atomic E-state index is 12.1. The van der Waals surface area contributed by atoms with Gasteiger partial charge in [-0.1, -0.05) is 27.7 Å². The van der Waals surface area contributed by atoms with Gasteiger partial charge in [0.25, 0.3) is 0 Å². The summed E-state index contributed by atoms with van der Waals surface area (Å²) in [6.45, 7) is 9.91. The molecule has 3 unspecified atom stereocenters. The van der Waals surface area contributed by atoms with Crippen molar-refractivity contribution >= 4 is 10.8 Å². The quantitative estimate of drug-likeness (QED) is 0.806. The van der Waals surface area contributed by atoms with Crippen LogP contribution in [0.4, 0.5) is 0 Å². The second kappa shape index (κ2) is 6.00. The smallest absolute Gasteiger partial charge is 0.0524 e. The molecule has 0 radical (unpaired) electrons. The van der Waals surface area contributed by atoms with Crippen molar-refractivity contribution in [3.63, 3.8) is 0 Å². The van der Waals surface area contributed by atoms with Crippen LogP contribution < -0.4 is 5.32 Å². The maximum absolute atomic E-state index is 12.1. The Labute approximate surface area is 96.7 Å². The molecule has 1 heterocycles. The van der Waals surface area contributed by atoms with Gasteiger partial charge in [0.1, 0.15) is 0 Å². The Morgan fingerprint density at radius 3 is 2.53 bits per heavy atom. The van der Waals surface area contributed by atoms with E-state index in [9.17, 15) is 4.21 Å². The van der Waals surface area contributed by atoms with Gasteiger partial charge in [-0.25, -0.2) is 0 Å². The van der Waals surface area contributed by atoms with Crippen molar-refractivity contribution in [2.24, 2.45) is 11.8 Å². The molecule has 0 spiro atoms. The minimum atomic E-state index is -0.634. The van der Waals surface area contributed by atoms with Gasteiger partial charge in [0.2, 0.25) is 0 Å². The lowest BCUT2D eigenvalue weighted by molar-refractivity contribution is 0.372. The molecule has 1 rings (SSSR count). The van der Waals surface area contributed by atoms with Crippen LogP contribution in [0.25, 0.3) is 0 Å². The Bertz CT molecular complexity index is 216. The second-order valence-corrected chi connectivity index (χ2v) is 7.05. The van der Waals surface area contributed by atoms with E-state index in [1.54, 1.807) is 0 Å².